The molecule has 1 heterocycles. The van der Waals surface area contributed by atoms with E-state index in [9.17, 15) is 0 Å². The van der Waals surface area contributed by atoms with Gasteiger partial charge in [0.05, 0.1) is 6.04 Å². The monoisotopic (exact) mass is 114 g/mol. The fourth-order valence-corrected chi connectivity index (χ4v) is 0.625. The van der Waals surface area contributed by atoms with Gasteiger partial charge >= 0.3 is 0 Å². The van der Waals surface area contributed by atoms with Gasteiger partial charge in [0.25, 0.3) is 6.02 Å². The molecule has 2 atom stereocenters. The summed E-state index contributed by atoms with van der Waals surface area (Å²) in [5, 5.41) is 0. The van der Waals surface area contributed by atoms with Gasteiger partial charge in [-0.2, -0.15) is 0 Å². The van der Waals surface area contributed by atoms with E-state index in [2.05, 4.69) is 4.99 Å². The van der Waals surface area contributed by atoms with E-state index in [1.54, 1.807) is 0 Å². The molecule has 0 bridgehead atoms. The molecular formula is C5H10N2O. The minimum atomic E-state index is 0.162. The van der Waals surface area contributed by atoms with Crippen LogP contribution >= 0.6 is 0 Å². The first-order valence-electron chi connectivity index (χ1n) is 2.70. The zero-order valence-electron chi connectivity index (χ0n) is 5.09. The Labute approximate surface area is 48.5 Å². The molecule has 0 amide bonds. The highest BCUT2D eigenvalue weighted by Gasteiger charge is 2.19. The minimum Gasteiger partial charge on any atom is -0.460 e. The Hall–Kier alpha value is -0.730. The first-order valence-corrected chi connectivity index (χ1v) is 2.70. The molecule has 3 nitrogen and oxygen atoms in total. The van der Waals surface area contributed by atoms with E-state index >= 15 is 0 Å². The third-order valence-corrected chi connectivity index (χ3v) is 1.32. The van der Waals surface area contributed by atoms with Gasteiger partial charge in [-0.15, -0.1) is 0 Å². The number of nitrogens with zero attached hydrogens (tertiary/aromatic N) is 1. The van der Waals surface area contributed by atoms with Crippen LogP contribution in [0, 0.1) is 0 Å². The van der Waals surface area contributed by atoms with Crippen LogP contribution < -0.4 is 5.73 Å². The van der Waals surface area contributed by atoms with Crippen molar-refractivity contribution in [1.29, 1.82) is 0 Å². The molecule has 0 radical (unpaired) electrons. The summed E-state index contributed by atoms with van der Waals surface area (Å²) >= 11 is 0. The molecule has 2 N–H and O–H groups in total. The molecule has 0 aromatic carbocycles. The lowest BCUT2D eigenvalue weighted by Gasteiger charge is -2.04. The van der Waals surface area contributed by atoms with Crippen LogP contribution in [0.2, 0.25) is 0 Å². The van der Waals surface area contributed by atoms with Gasteiger partial charge in [0.1, 0.15) is 6.10 Å². The zero-order valence-corrected chi connectivity index (χ0v) is 5.09. The predicted molar refractivity (Wildman–Crippen MR) is 31.6 cm³/mol. The highest BCUT2D eigenvalue weighted by atomic mass is 16.5. The van der Waals surface area contributed by atoms with Gasteiger partial charge in [0, 0.05) is 0 Å². The first-order chi connectivity index (χ1) is 3.70. The minimum absolute atomic E-state index is 0.162. The molecule has 46 valence electrons. The lowest BCUT2D eigenvalue weighted by molar-refractivity contribution is 0.215. The molecule has 1 aliphatic rings. The highest BCUT2D eigenvalue weighted by molar-refractivity contribution is 5.73. The largest absolute Gasteiger partial charge is 0.460 e. The molecule has 0 aromatic rings. The Bertz CT molecular complexity index is 122. The summed E-state index contributed by atoms with van der Waals surface area (Å²) in [7, 11) is 0. The van der Waals surface area contributed by atoms with Crippen LogP contribution in [0.4, 0.5) is 0 Å². The van der Waals surface area contributed by atoms with E-state index in [1.807, 2.05) is 13.8 Å². The molecule has 3 heteroatoms. The van der Waals surface area contributed by atoms with Gasteiger partial charge in [-0.05, 0) is 13.8 Å². The van der Waals surface area contributed by atoms with E-state index in [4.69, 9.17) is 10.5 Å². The topological polar surface area (TPSA) is 47.6 Å². The van der Waals surface area contributed by atoms with Gasteiger partial charge in [0.15, 0.2) is 0 Å². The van der Waals surface area contributed by atoms with E-state index in [-0.39, 0.29) is 12.1 Å². The summed E-state index contributed by atoms with van der Waals surface area (Å²) in [6.07, 6.45) is 0.162. The van der Waals surface area contributed by atoms with E-state index in [0.29, 0.717) is 6.02 Å². The summed E-state index contributed by atoms with van der Waals surface area (Å²) in [5.41, 5.74) is 5.24. The van der Waals surface area contributed by atoms with Gasteiger partial charge in [-0.25, -0.2) is 4.99 Å². The van der Waals surface area contributed by atoms with Gasteiger partial charge in [-0.3, -0.25) is 0 Å². The van der Waals surface area contributed by atoms with Crippen molar-refractivity contribution in [3.8, 4) is 0 Å². The molecule has 0 spiro atoms. The molecule has 0 fully saturated rings. The van der Waals surface area contributed by atoms with Crippen LogP contribution in [0.3, 0.4) is 0 Å². The molecular weight excluding hydrogens is 104 g/mol. The first kappa shape index (κ1) is 5.41. The van der Waals surface area contributed by atoms with Crippen LogP contribution in [0.5, 0.6) is 0 Å². The Morgan fingerprint density at radius 2 is 2.25 bits per heavy atom. The van der Waals surface area contributed by atoms with Crippen molar-refractivity contribution in [2.75, 3.05) is 0 Å². The van der Waals surface area contributed by atoms with Crippen LogP contribution in [0.15, 0.2) is 4.99 Å². The van der Waals surface area contributed by atoms with Crippen molar-refractivity contribution in [2.45, 2.75) is 26.0 Å². The maximum atomic E-state index is 5.24. The van der Waals surface area contributed by atoms with Crippen LogP contribution in [0.1, 0.15) is 13.8 Å². The van der Waals surface area contributed by atoms with E-state index < -0.39 is 0 Å². The third-order valence-electron chi connectivity index (χ3n) is 1.32. The van der Waals surface area contributed by atoms with Gasteiger partial charge < -0.3 is 10.5 Å². The molecule has 0 unspecified atom stereocenters. The normalized spacial score (nSPS) is 36.5. The van der Waals surface area contributed by atoms with Crippen molar-refractivity contribution < 1.29 is 4.74 Å². The number of nitrogens with two attached hydrogens (primary N) is 1. The molecule has 0 saturated carbocycles. The number of rotatable bonds is 0. The van der Waals surface area contributed by atoms with Gasteiger partial charge in [0.2, 0.25) is 0 Å². The number of hydrogen-bond donors (Lipinski definition) is 1. The average molecular weight is 114 g/mol. The number of amidine groups is 1. The lowest BCUT2D eigenvalue weighted by Crippen LogP contribution is -2.17. The smallest absolute Gasteiger partial charge is 0.282 e. The van der Waals surface area contributed by atoms with Crippen molar-refractivity contribution in [1.82, 2.24) is 0 Å². The van der Waals surface area contributed by atoms with Crippen molar-refractivity contribution in [3.05, 3.63) is 0 Å². The second-order valence-electron chi connectivity index (χ2n) is 2.03. The Kier molecular flexibility index (Phi) is 1.12. The molecule has 1 aliphatic heterocycles. The predicted octanol–water partition coefficient (Wildman–Crippen LogP) is 0.108. The molecule has 0 aromatic heterocycles. The number of hydrogen-bond acceptors (Lipinski definition) is 3. The molecule has 0 saturated heterocycles. The van der Waals surface area contributed by atoms with Crippen molar-refractivity contribution in [2.24, 2.45) is 10.7 Å². The fraction of sp³-hybridized carbons (Fsp3) is 0.800. The fourth-order valence-electron chi connectivity index (χ4n) is 0.625. The van der Waals surface area contributed by atoms with Gasteiger partial charge in [-0.1, -0.05) is 0 Å². The zero-order chi connectivity index (χ0) is 6.15. The Balaban J connectivity index is 2.56. The maximum absolute atomic E-state index is 5.24. The van der Waals surface area contributed by atoms with Crippen molar-refractivity contribution >= 4 is 6.02 Å². The van der Waals surface area contributed by atoms with E-state index in [0.717, 1.165) is 0 Å². The standard InChI is InChI=1S/C5H10N2O/c1-3-4(2)8-5(6)7-3/h3-4H,1-2H3,(H2,6,7)/t3-,4+/m1/s1. The summed E-state index contributed by atoms with van der Waals surface area (Å²) in [6.45, 7) is 3.93. The SMILES string of the molecule is C[C@@H]1OC(N)=N[C@@H]1C. The van der Waals surface area contributed by atoms with Crippen LogP contribution in [-0.4, -0.2) is 18.2 Å². The number of aliphatic imine (C=N–C) groups is 1. The third kappa shape index (κ3) is 0.757. The Morgan fingerprint density at radius 3 is 2.38 bits per heavy atom. The molecule has 1 rings (SSSR count). The van der Waals surface area contributed by atoms with E-state index in [1.165, 1.54) is 0 Å². The summed E-state index contributed by atoms with van der Waals surface area (Å²) in [4.78, 5) is 3.94. The van der Waals surface area contributed by atoms with Crippen molar-refractivity contribution in [3.63, 3.8) is 0 Å². The summed E-state index contributed by atoms with van der Waals surface area (Å²) < 4.78 is 5.00. The second-order valence-corrected chi connectivity index (χ2v) is 2.03. The van der Waals surface area contributed by atoms with Crippen LogP contribution in [0.25, 0.3) is 0 Å². The molecule has 0 aliphatic carbocycles. The summed E-state index contributed by atoms with van der Waals surface area (Å²) in [5.74, 6) is 0. The average Bonchev–Trinajstić information content (AvgIpc) is 1.85. The summed E-state index contributed by atoms with van der Waals surface area (Å²) in [6, 6.07) is 0.556. The molecule has 8 heavy (non-hydrogen) atoms. The maximum Gasteiger partial charge on any atom is 0.282 e. The second kappa shape index (κ2) is 1.65. The highest BCUT2D eigenvalue weighted by Crippen LogP contribution is 2.08. The quantitative estimate of drug-likeness (QED) is 0.485. The van der Waals surface area contributed by atoms with Crippen LogP contribution in [-0.2, 0) is 4.74 Å². The number of ether oxygens (including phenoxy) is 1. The lowest BCUT2D eigenvalue weighted by atomic mass is 10.2. The Morgan fingerprint density at radius 1 is 1.62 bits per heavy atom.